The fraction of sp³-hybridized carbons (Fsp3) is 0.133. The van der Waals surface area contributed by atoms with Crippen LogP contribution in [0.1, 0.15) is 21.5 Å². The smallest absolute Gasteiger partial charge is 0.416 e. The molecule has 0 atom stereocenters. The molecule has 0 fully saturated rings. The van der Waals surface area contributed by atoms with Gasteiger partial charge in [0.15, 0.2) is 0 Å². The molecule has 0 spiro atoms. The van der Waals surface area contributed by atoms with Crippen molar-refractivity contribution in [3.63, 3.8) is 0 Å². The van der Waals surface area contributed by atoms with Gasteiger partial charge in [0.1, 0.15) is 5.75 Å². The second-order valence-electron chi connectivity index (χ2n) is 4.77. The summed E-state index contributed by atoms with van der Waals surface area (Å²) in [5.74, 6) is -1.10. The lowest BCUT2D eigenvalue weighted by Crippen LogP contribution is -2.14. The standard InChI is InChI=1S/C15H10BrClF3NO2/c1-7-4-8(15(18,19)20)5-11(13(7)16)21-14(23)10-6-9(17)2-3-12(10)22/h2-6,22H,1H3,(H,21,23). The van der Waals surface area contributed by atoms with E-state index >= 15 is 0 Å². The topological polar surface area (TPSA) is 49.3 Å². The number of nitrogens with one attached hydrogen (secondary N) is 1. The largest absolute Gasteiger partial charge is 0.507 e. The van der Waals surface area contributed by atoms with E-state index in [1.807, 2.05) is 0 Å². The average molecular weight is 409 g/mol. The summed E-state index contributed by atoms with van der Waals surface area (Å²) in [7, 11) is 0. The Morgan fingerprint density at radius 3 is 2.52 bits per heavy atom. The lowest BCUT2D eigenvalue weighted by Gasteiger charge is -2.14. The predicted molar refractivity (Wildman–Crippen MR) is 85.0 cm³/mol. The van der Waals surface area contributed by atoms with Crippen LogP contribution < -0.4 is 5.32 Å². The SMILES string of the molecule is Cc1cc(C(F)(F)F)cc(NC(=O)c2cc(Cl)ccc2O)c1Br. The molecule has 0 saturated heterocycles. The first-order valence-electron chi connectivity index (χ1n) is 6.27. The zero-order valence-corrected chi connectivity index (χ0v) is 14.0. The lowest BCUT2D eigenvalue weighted by molar-refractivity contribution is -0.137. The number of phenols is 1. The summed E-state index contributed by atoms with van der Waals surface area (Å²) in [6, 6.07) is 5.62. The molecular formula is C15H10BrClF3NO2. The van der Waals surface area contributed by atoms with Gasteiger partial charge in [-0.1, -0.05) is 11.6 Å². The highest BCUT2D eigenvalue weighted by Gasteiger charge is 2.32. The number of carbonyl (C=O) groups is 1. The molecule has 0 aliphatic rings. The van der Waals surface area contributed by atoms with E-state index in [0.29, 0.717) is 10.0 Å². The fourth-order valence-corrected chi connectivity index (χ4v) is 2.40. The Balaban J connectivity index is 2.41. The summed E-state index contributed by atoms with van der Waals surface area (Å²) < 4.78 is 38.9. The Labute approximate surface area is 143 Å². The number of benzene rings is 2. The highest BCUT2D eigenvalue weighted by atomic mass is 79.9. The lowest BCUT2D eigenvalue weighted by atomic mass is 10.1. The number of carbonyl (C=O) groups excluding carboxylic acids is 1. The maximum Gasteiger partial charge on any atom is 0.416 e. The minimum absolute atomic E-state index is 0.0540. The minimum Gasteiger partial charge on any atom is -0.507 e. The Kier molecular flexibility index (Phi) is 4.91. The van der Waals surface area contributed by atoms with Crippen molar-refractivity contribution in [1.29, 1.82) is 0 Å². The quantitative estimate of drug-likeness (QED) is 0.700. The van der Waals surface area contributed by atoms with Crippen molar-refractivity contribution >= 4 is 39.1 Å². The van der Waals surface area contributed by atoms with Crippen molar-refractivity contribution in [2.45, 2.75) is 13.1 Å². The molecule has 2 aromatic carbocycles. The number of hydrogen-bond acceptors (Lipinski definition) is 2. The van der Waals surface area contributed by atoms with Crippen molar-refractivity contribution in [2.24, 2.45) is 0 Å². The van der Waals surface area contributed by atoms with Crippen LogP contribution in [0, 0.1) is 6.92 Å². The van der Waals surface area contributed by atoms with Gasteiger partial charge in [0.2, 0.25) is 0 Å². The van der Waals surface area contributed by atoms with E-state index in [1.165, 1.54) is 25.1 Å². The summed E-state index contributed by atoms with van der Waals surface area (Å²) >= 11 is 8.90. The Morgan fingerprint density at radius 1 is 1.26 bits per heavy atom. The van der Waals surface area contributed by atoms with Gasteiger partial charge in [-0.3, -0.25) is 4.79 Å². The van der Waals surface area contributed by atoms with E-state index in [1.54, 1.807) is 0 Å². The van der Waals surface area contributed by atoms with Crippen molar-refractivity contribution in [3.8, 4) is 5.75 Å². The second-order valence-corrected chi connectivity index (χ2v) is 6.00. The summed E-state index contributed by atoms with van der Waals surface area (Å²) in [4.78, 5) is 12.2. The van der Waals surface area contributed by atoms with E-state index in [2.05, 4.69) is 21.2 Å². The Morgan fingerprint density at radius 2 is 1.91 bits per heavy atom. The molecule has 0 aliphatic heterocycles. The number of amides is 1. The summed E-state index contributed by atoms with van der Waals surface area (Å²) in [5, 5.41) is 12.2. The molecule has 23 heavy (non-hydrogen) atoms. The molecule has 0 aromatic heterocycles. The van der Waals surface area contributed by atoms with Gasteiger partial charge in [-0.15, -0.1) is 0 Å². The monoisotopic (exact) mass is 407 g/mol. The van der Waals surface area contributed by atoms with Crippen molar-refractivity contribution in [3.05, 3.63) is 56.5 Å². The average Bonchev–Trinajstić information content (AvgIpc) is 2.45. The van der Waals surface area contributed by atoms with E-state index in [9.17, 15) is 23.1 Å². The molecule has 0 saturated carbocycles. The molecule has 122 valence electrons. The van der Waals surface area contributed by atoms with E-state index in [0.717, 1.165) is 12.1 Å². The van der Waals surface area contributed by atoms with E-state index in [4.69, 9.17) is 11.6 Å². The normalized spacial score (nSPS) is 11.4. The molecule has 1 amide bonds. The van der Waals surface area contributed by atoms with Gasteiger partial charge >= 0.3 is 6.18 Å². The summed E-state index contributed by atoms with van der Waals surface area (Å²) in [6.07, 6.45) is -4.54. The third-order valence-corrected chi connectivity index (χ3v) is 4.32. The molecule has 0 unspecified atom stereocenters. The van der Waals surface area contributed by atoms with Crippen molar-refractivity contribution in [2.75, 3.05) is 5.32 Å². The molecule has 2 aromatic rings. The van der Waals surface area contributed by atoms with E-state index in [-0.39, 0.29) is 22.0 Å². The maximum atomic E-state index is 12.9. The number of phenolic OH excluding ortho intramolecular Hbond substituents is 1. The third kappa shape index (κ3) is 3.97. The molecule has 0 heterocycles. The molecule has 0 radical (unpaired) electrons. The molecule has 8 heteroatoms. The molecule has 0 bridgehead atoms. The molecular weight excluding hydrogens is 399 g/mol. The van der Waals surface area contributed by atoms with Crippen LogP contribution in [0.25, 0.3) is 0 Å². The van der Waals surface area contributed by atoms with Gasteiger partial charge in [-0.25, -0.2) is 0 Å². The molecule has 0 aliphatic carbocycles. The van der Waals surface area contributed by atoms with Gasteiger partial charge in [-0.05, 0) is 58.7 Å². The number of aromatic hydroxyl groups is 1. The van der Waals surface area contributed by atoms with Gasteiger partial charge < -0.3 is 10.4 Å². The van der Waals surface area contributed by atoms with Crippen LogP contribution in [-0.4, -0.2) is 11.0 Å². The molecule has 2 rings (SSSR count). The first-order valence-corrected chi connectivity index (χ1v) is 7.44. The van der Waals surface area contributed by atoms with Gasteiger partial charge in [0.05, 0.1) is 16.8 Å². The summed E-state index contributed by atoms with van der Waals surface area (Å²) in [5.41, 5.74) is -0.768. The van der Waals surface area contributed by atoms with Gasteiger partial charge in [0, 0.05) is 9.50 Å². The van der Waals surface area contributed by atoms with Gasteiger partial charge in [0.25, 0.3) is 5.91 Å². The number of alkyl halides is 3. The minimum atomic E-state index is -4.54. The van der Waals surface area contributed by atoms with Gasteiger partial charge in [-0.2, -0.15) is 13.2 Å². The van der Waals surface area contributed by atoms with Crippen LogP contribution in [-0.2, 0) is 6.18 Å². The van der Waals surface area contributed by atoms with Crippen LogP contribution in [0.4, 0.5) is 18.9 Å². The predicted octanol–water partition coefficient (Wildman–Crippen LogP) is 5.39. The van der Waals surface area contributed by atoms with Crippen LogP contribution in [0.3, 0.4) is 0 Å². The maximum absolute atomic E-state index is 12.9. The number of rotatable bonds is 2. The summed E-state index contributed by atoms with van der Waals surface area (Å²) in [6.45, 7) is 1.48. The Hall–Kier alpha value is -1.73. The zero-order valence-electron chi connectivity index (χ0n) is 11.6. The second kappa shape index (κ2) is 6.41. The van der Waals surface area contributed by atoms with Crippen LogP contribution in [0.5, 0.6) is 5.75 Å². The van der Waals surface area contributed by atoms with Crippen molar-refractivity contribution in [1.82, 2.24) is 0 Å². The van der Waals surface area contributed by atoms with Crippen molar-refractivity contribution < 1.29 is 23.1 Å². The third-order valence-electron chi connectivity index (χ3n) is 3.03. The van der Waals surface area contributed by atoms with Crippen LogP contribution in [0.2, 0.25) is 5.02 Å². The molecule has 3 nitrogen and oxygen atoms in total. The highest BCUT2D eigenvalue weighted by Crippen LogP contribution is 2.36. The number of anilines is 1. The Bertz CT molecular complexity index is 778. The molecule has 2 N–H and O–H groups in total. The first kappa shape index (κ1) is 17.6. The number of aryl methyl sites for hydroxylation is 1. The highest BCUT2D eigenvalue weighted by molar-refractivity contribution is 9.10. The van der Waals surface area contributed by atoms with Crippen LogP contribution >= 0.6 is 27.5 Å². The fourth-order valence-electron chi connectivity index (χ4n) is 1.90. The van der Waals surface area contributed by atoms with E-state index < -0.39 is 17.6 Å². The zero-order chi connectivity index (χ0) is 17.4. The van der Waals surface area contributed by atoms with Crippen LogP contribution in [0.15, 0.2) is 34.8 Å². The first-order chi connectivity index (χ1) is 10.6. The number of halogens is 5. The number of hydrogen-bond donors (Lipinski definition) is 2.